The highest BCUT2D eigenvalue weighted by atomic mass is 19.4. The molecular formula is C16H20F3N3O2. The second-order valence-corrected chi connectivity index (χ2v) is 6.59. The zero-order valence-electron chi connectivity index (χ0n) is 13.3. The van der Waals surface area contributed by atoms with Crippen molar-refractivity contribution in [3.05, 3.63) is 23.4 Å². The number of aromatic nitrogens is 1. The SMILES string of the molecule is Cc1cc(C(F)(F)F)cc(N2CC(NC(=O)CO)C(C3CC3)C2)n1. The van der Waals surface area contributed by atoms with Gasteiger partial charge in [-0.2, -0.15) is 13.2 Å². The number of aliphatic hydroxyl groups is 1. The number of pyridine rings is 1. The predicted molar refractivity (Wildman–Crippen MR) is 81.4 cm³/mol. The number of alkyl halides is 3. The number of anilines is 1. The zero-order valence-corrected chi connectivity index (χ0v) is 13.3. The molecule has 1 aromatic heterocycles. The third-order valence-electron chi connectivity index (χ3n) is 4.67. The molecule has 24 heavy (non-hydrogen) atoms. The van der Waals surface area contributed by atoms with E-state index in [4.69, 9.17) is 5.11 Å². The summed E-state index contributed by atoms with van der Waals surface area (Å²) >= 11 is 0. The molecule has 1 saturated heterocycles. The third-order valence-corrected chi connectivity index (χ3v) is 4.67. The van der Waals surface area contributed by atoms with Gasteiger partial charge in [-0.3, -0.25) is 4.79 Å². The topological polar surface area (TPSA) is 65.5 Å². The molecule has 2 fully saturated rings. The molecule has 132 valence electrons. The van der Waals surface area contributed by atoms with Crippen molar-refractivity contribution in [2.45, 2.75) is 32.0 Å². The zero-order chi connectivity index (χ0) is 17.5. The van der Waals surface area contributed by atoms with Crippen LogP contribution in [-0.2, 0) is 11.0 Å². The first-order chi connectivity index (χ1) is 11.3. The second kappa shape index (κ2) is 6.23. The minimum atomic E-state index is -4.41. The van der Waals surface area contributed by atoms with Gasteiger partial charge in [0, 0.05) is 24.7 Å². The summed E-state index contributed by atoms with van der Waals surface area (Å²) in [6.07, 6.45) is -2.28. The van der Waals surface area contributed by atoms with Crippen LogP contribution in [0.25, 0.3) is 0 Å². The molecule has 2 aliphatic rings. The molecule has 2 heterocycles. The first-order valence-corrected chi connectivity index (χ1v) is 7.99. The van der Waals surface area contributed by atoms with Gasteiger partial charge < -0.3 is 15.3 Å². The molecular weight excluding hydrogens is 323 g/mol. The van der Waals surface area contributed by atoms with E-state index >= 15 is 0 Å². The number of nitrogens with one attached hydrogen (secondary N) is 1. The van der Waals surface area contributed by atoms with E-state index in [1.807, 2.05) is 0 Å². The molecule has 1 aromatic rings. The quantitative estimate of drug-likeness (QED) is 0.874. The molecule has 0 radical (unpaired) electrons. The Balaban J connectivity index is 1.82. The molecule has 2 N–H and O–H groups in total. The maximum Gasteiger partial charge on any atom is 0.416 e. The highest BCUT2D eigenvalue weighted by Crippen LogP contribution is 2.42. The Hall–Kier alpha value is -1.83. The predicted octanol–water partition coefficient (Wildman–Crippen LogP) is 1.73. The maximum atomic E-state index is 13.0. The number of nitrogens with zero attached hydrogens (tertiary/aromatic N) is 2. The van der Waals surface area contributed by atoms with Crippen LogP contribution in [-0.4, -0.2) is 41.7 Å². The fourth-order valence-corrected chi connectivity index (χ4v) is 3.40. The van der Waals surface area contributed by atoms with Crippen LogP contribution in [0.2, 0.25) is 0 Å². The Labute approximate surface area is 137 Å². The Kier molecular flexibility index (Phi) is 4.42. The monoisotopic (exact) mass is 343 g/mol. The van der Waals surface area contributed by atoms with Gasteiger partial charge in [-0.05, 0) is 37.8 Å². The Morgan fingerprint density at radius 2 is 2.08 bits per heavy atom. The molecule has 0 spiro atoms. The van der Waals surface area contributed by atoms with Crippen LogP contribution in [0.3, 0.4) is 0 Å². The minimum Gasteiger partial charge on any atom is -0.387 e. The molecule has 3 rings (SSSR count). The summed E-state index contributed by atoms with van der Waals surface area (Å²) in [5.41, 5.74) is -0.401. The van der Waals surface area contributed by atoms with Crippen LogP contribution in [0.4, 0.5) is 19.0 Å². The first-order valence-electron chi connectivity index (χ1n) is 7.99. The summed E-state index contributed by atoms with van der Waals surface area (Å²) in [7, 11) is 0. The third kappa shape index (κ3) is 3.63. The Morgan fingerprint density at radius 3 is 2.67 bits per heavy atom. The molecule has 2 atom stereocenters. The van der Waals surface area contributed by atoms with Crippen LogP contribution in [0.15, 0.2) is 12.1 Å². The van der Waals surface area contributed by atoms with Crippen molar-refractivity contribution in [3.63, 3.8) is 0 Å². The van der Waals surface area contributed by atoms with Gasteiger partial charge in [0.15, 0.2) is 0 Å². The van der Waals surface area contributed by atoms with Crippen LogP contribution in [0.1, 0.15) is 24.1 Å². The van der Waals surface area contributed by atoms with Gasteiger partial charge in [0.05, 0.1) is 11.6 Å². The van der Waals surface area contributed by atoms with Crippen molar-refractivity contribution in [2.75, 3.05) is 24.6 Å². The fraction of sp³-hybridized carbons (Fsp3) is 0.625. The molecule has 1 amide bonds. The number of aliphatic hydroxyl groups excluding tert-OH is 1. The molecule has 0 bridgehead atoms. The summed E-state index contributed by atoms with van der Waals surface area (Å²) in [5, 5.41) is 11.7. The highest BCUT2D eigenvalue weighted by Gasteiger charge is 2.43. The smallest absolute Gasteiger partial charge is 0.387 e. The summed E-state index contributed by atoms with van der Waals surface area (Å²) in [6, 6.07) is 1.92. The van der Waals surface area contributed by atoms with Crippen molar-refractivity contribution < 1.29 is 23.1 Å². The van der Waals surface area contributed by atoms with Gasteiger partial charge in [0.25, 0.3) is 0 Å². The Bertz CT molecular complexity index is 631. The number of hydrogen-bond donors (Lipinski definition) is 2. The lowest BCUT2D eigenvalue weighted by molar-refractivity contribution is -0.137. The van der Waals surface area contributed by atoms with Crippen molar-refractivity contribution in [3.8, 4) is 0 Å². The molecule has 2 unspecified atom stereocenters. The molecule has 5 nitrogen and oxygen atoms in total. The van der Waals surface area contributed by atoms with E-state index in [0.717, 1.165) is 25.0 Å². The average molecular weight is 343 g/mol. The normalized spacial score (nSPS) is 24.3. The number of carbonyl (C=O) groups excluding carboxylic acids is 1. The summed E-state index contributed by atoms with van der Waals surface area (Å²) in [4.78, 5) is 17.5. The minimum absolute atomic E-state index is 0.172. The lowest BCUT2D eigenvalue weighted by Crippen LogP contribution is -2.42. The number of aryl methyl sites for hydroxylation is 1. The van der Waals surface area contributed by atoms with Gasteiger partial charge in [0.1, 0.15) is 12.4 Å². The number of rotatable bonds is 4. The second-order valence-electron chi connectivity index (χ2n) is 6.59. The van der Waals surface area contributed by atoms with Crippen molar-refractivity contribution in [1.82, 2.24) is 10.3 Å². The van der Waals surface area contributed by atoms with E-state index in [1.165, 1.54) is 6.92 Å². The number of hydrogen-bond acceptors (Lipinski definition) is 4. The van der Waals surface area contributed by atoms with Crippen molar-refractivity contribution in [2.24, 2.45) is 11.8 Å². The van der Waals surface area contributed by atoms with Gasteiger partial charge in [-0.1, -0.05) is 0 Å². The standard InChI is InChI=1S/C16H20F3N3O2/c1-9-4-11(16(17,18)19)5-14(20-9)22-6-12(10-2-3-10)13(7-22)21-15(24)8-23/h4-5,10,12-13,23H,2-3,6-8H2,1H3,(H,21,24). The van der Waals surface area contributed by atoms with E-state index in [1.54, 1.807) is 4.90 Å². The fourth-order valence-electron chi connectivity index (χ4n) is 3.40. The highest BCUT2D eigenvalue weighted by molar-refractivity contribution is 5.77. The van der Waals surface area contributed by atoms with Gasteiger partial charge in [0.2, 0.25) is 5.91 Å². The van der Waals surface area contributed by atoms with E-state index in [-0.39, 0.29) is 17.8 Å². The lowest BCUT2D eigenvalue weighted by atomic mass is 9.98. The Morgan fingerprint density at radius 1 is 1.38 bits per heavy atom. The van der Waals surface area contributed by atoms with Crippen LogP contribution in [0, 0.1) is 18.8 Å². The summed E-state index contributed by atoms with van der Waals surface area (Å²) in [5.74, 6) is 0.484. The van der Waals surface area contributed by atoms with E-state index < -0.39 is 24.3 Å². The molecule has 1 aliphatic heterocycles. The molecule has 1 aliphatic carbocycles. The van der Waals surface area contributed by atoms with E-state index in [2.05, 4.69) is 10.3 Å². The summed E-state index contributed by atoms with van der Waals surface area (Å²) in [6.45, 7) is 1.92. The maximum absolute atomic E-state index is 13.0. The molecule has 8 heteroatoms. The number of amides is 1. The first kappa shape index (κ1) is 17.0. The average Bonchev–Trinajstić information content (AvgIpc) is 3.27. The van der Waals surface area contributed by atoms with Gasteiger partial charge in [-0.25, -0.2) is 4.98 Å². The van der Waals surface area contributed by atoms with Crippen LogP contribution >= 0.6 is 0 Å². The number of halogens is 3. The molecule has 1 saturated carbocycles. The lowest BCUT2D eigenvalue weighted by Gasteiger charge is -2.20. The molecule has 0 aromatic carbocycles. The van der Waals surface area contributed by atoms with Crippen molar-refractivity contribution >= 4 is 11.7 Å². The summed E-state index contributed by atoms with van der Waals surface area (Å²) < 4.78 is 39.0. The van der Waals surface area contributed by atoms with Gasteiger partial charge in [-0.15, -0.1) is 0 Å². The van der Waals surface area contributed by atoms with Crippen molar-refractivity contribution in [1.29, 1.82) is 0 Å². The largest absolute Gasteiger partial charge is 0.416 e. The van der Waals surface area contributed by atoms with E-state index in [0.29, 0.717) is 24.7 Å². The van der Waals surface area contributed by atoms with Crippen LogP contribution < -0.4 is 10.2 Å². The van der Waals surface area contributed by atoms with Gasteiger partial charge >= 0.3 is 6.18 Å². The van der Waals surface area contributed by atoms with Crippen LogP contribution in [0.5, 0.6) is 0 Å². The number of carbonyl (C=O) groups is 1. The van der Waals surface area contributed by atoms with E-state index in [9.17, 15) is 18.0 Å².